The van der Waals surface area contributed by atoms with E-state index < -0.39 is 6.04 Å². The number of aromatic nitrogens is 1. The summed E-state index contributed by atoms with van der Waals surface area (Å²) in [7, 11) is 0. The molecule has 5 nitrogen and oxygen atoms in total. The molecule has 2 aromatic carbocycles. The van der Waals surface area contributed by atoms with Crippen molar-refractivity contribution < 1.29 is 9.21 Å². The van der Waals surface area contributed by atoms with Gasteiger partial charge in [-0.15, -0.1) is 11.3 Å². The SMILES string of the molecule is Cc1ccc2oc3c(c(=O)c2c1)[C@H](c1ccc(C(C)(C)C)cc1)N(c1nc(C)cs1)C3=O. The number of fused-ring (bicyclic) bond motifs is 2. The lowest BCUT2D eigenvalue weighted by Gasteiger charge is -2.24. The Labute approximate surface area is 190 Å². The summed E-state index contributed by atoms with van der Waals surface area (Å²) in [6.45, 7) is 10.3. The zero-order valence-electron chi connectivity index (χ0n) is 18.7. The summed E-state index contributed by atoms with van der Waals surface area (Å²) in [5.74, 6) is -0.233. The van der Waals surface area contributed by atoms with E-state index in [1.165, 1.54) is 16.9 Å². The van der Waals surface area contributed by atoms with Gasteiger partial charge in [-0.25, -0.2) is 4.98 Å². The number of anilines is 1. The molecule has 1 amide bonds. The van der Waals surface area contributed by atoms with Crippen LogP contribution in [0, 0.1) is 13.8 Å². The van der Waals surface area contributed by atoms with Crippen LogP contribution >= 0.6 is 11.3 Å². The maximum atomic E-state index is 13.7. The number of carbonyl (C=O) groups excluding carboxylic acids is 1. The van der Waals surface area contributed by atoms with E-state index in [2.05, 4.69) is 37.9 Å². The molecule has 0 aliphatic carbocycles. The van der Waals surface area contributed by atoms with E-state index in [-0.39, 0.29) is 22.5 Å². The van der Waals surface area contributed by atoms with E-state index in [0.29, 0.717) is 21.7 Å². The second-order valence-corrected chi connectivity index (χ2v) is 10.2. The van der Waals surface area contributed by atoms with Gasteiger partial charge >= 0.3 is 0 Å². The van der Waals surface area contributed by atoms with E-state index in [1.54, 1.807) is 11.0 Å². The van der Waals surface area contributed by atoms with Crippen molar-refractivity contribution in [1.82, 2.24) is 4.98 Å². The fraction of sp³-hybridized carbons (Fsp3) is 0.269. The Kier molecular flexibility index (Phi) is 4.60. The van der Waals surface area contributed by atoms with E-state index in [1.807, 2.05) is 43.5 Å². The normalized spacial score (nSPS) is 16.1. The lowest BCUT2D eigenvalue weighted by Crippen LogP contribution is -2.29. The fourth-order valence-corrected chi connectivity index (χ4v) is 5.04. The van der Waals surface area contributed by atoms with Gasteiger partial charge in [0.15, 0.2) is 10.6 Å². The van der Waals surface area contributed by atoms with Crippen molar-refractivity contribution in [2.24, 2.45) is 0 Å². The van der Waals surface area contributed by atoms with Crippen LogP contribution in [0.25, 0.3) is 11.0 Å². The van der Waals surface area contributed by atoms with Gasteiger partial charge in [0.2, 0.25) is 5.76 Å². The molecule has 0 unspecified atom stereocenters. The van der Waals surface area contributed by atoms with Crippen molar-refractivity contribution in [3.05, 3.63) is 91.8 Å². The standard InChI is InChI=1S/C26H24N2O3S/c1-14-6-11-19-18(12-14)22(29)20-21(16-7-9-17(10-8-16)26(3,4)5)28(24(30)23(20)31-19)25-27-15(2)13-32-25/h6-13,21H,1-5H3/t21-/m0/s1. The van der Waals surface area contributed by atoms with Crippen LogP contribution in [0.4, 0.5) is 5.13 Å². The van der Waals surface area contributed by atoms with Crippen LogP contribution in [0.3, 0.4) is 0 Å². The van der Waals surface area contributed by atoms with Crippen LogP contribution in [0.2, 0.25) is 0 Å². The molecule has 32 heavy (non-hydrogen) atoms. The van der Waals surface area contributed by atoms with Crippen molar-refractivity contribution >= 4 is 33.3 Å². The van der Waals surface area contributed by atoms with Gasteiger partial charge in [0.25, 0.3) is 5.91 Å². The lowest BCUT2D eigenvalue weighted by molar-refractivity contribution is 0.0971. The van der Waals surface area contributed by atoms with Gasteiger partial charge in [-0.3, -0.25) is 14.5 Å². The molecular weight excluding hydrogens is 420 g/mol. The lowest BCUT2D eigenvalue weighted by atomic mass is 9.86. The average Bonchev–Trinajstić information content (AvgIpc) is 3.29. The Balaban J connectivity index is 1.77. The van der Waals surface area contributed by atoms with E-state index in [4.69, 9.17) is 4.42 Å². The second-order valence-electron chi connectivity index (χ2n) is 9.39. The molecule has 0 spiro atoms. The number of rotatable bonds is 2. The van der Waals surface area contributed by atoms with Gasteiger partial charge in [-0.05, 0) is 42.5 Å². The first kappa shape index (κ1) is 20.6. The van der Waals surface area contributed by atoms with Crippen LogP contribution in [0.1, 0.15) is 65.3 Å². The summed E-state index contributed by atoms with van der Waals surface area (Å²) in [4.78, 5) is 33.3. The highest BCUT2D eigenvalue weighted by atomic mass is 32.1. The minimum Gasteiger partial charge on any atom is -0.450 e. The summed E-state index contributed by atoms with van der Waals surface area (Å²) < 4.78 is 6.03. The zero-order chi connectivity index (χ0) is 22.8. The molecule has 0 saturated heterocycles. The molecule has 0 saturated carbocycles. The minimum atomic E-state index is -0.585. The van der Waals surface area contributed by atoms with Gasteiger partial charge in [-0.2, -0.15) is 0 Å². The summed E-state index contributed by atoms with van der Waals surface area (Å²) >= 11 is 1.39. The molecule has 1 atom stereocenters. The van der Waals surface area contributed by atoms with Crippen LogP contribution in [-0.4, -0.2) is 10.9 Å². The van der Waals surface area contributed by atoms with Crippen LogP contribution in [0.15, 0.2) is 57.1 Å². The number of amides is 1. The van der Waals surface area contributed by atoms with E-state index in [0.717, 1.165) is 16.8 Å². The predicted octanol–water partition coefficient (Wildman–Crippen LogP) is 5.91. The molecule has 5 rings (SSSR count). The van der Waals surface area contributed by atoms with E-state index >= 15 is 0 Å². The molecule has 162 valence electrons. The molecule has 0 N–H and O–H groups in total. The molecule has 3 heterocycles. The predicted molar refractivity (Wildman–Crippen MR) is 128 cm³/mol. The summed E-state index contributed by atoms with van der Waals surface area (Å²) in [5.41, 5.74) is 4.47. The largest absolute Gasteiger partial charge is 0.450 e. The third-order valence-corrected chi connectivity index (χ3v) is 6.89. The smallest absolute Gasteiger partial charge is 0.297 e. The van der Waals surface area contributed by atoms with Crippen molar-refractivity contribution in [3.8, 4) is 0 Å². The number of nitrogens with zero attached hydrogens (tertiary/aromatic N) is 2. The highest BCUT2D eigenvalue weighted by Crippen LogP contribution is 2.42. The molecule has 0 radical (unpaired) electrons. The molecular formula is C26H24N2O3S. The van der Waals surface area contributed by atoms with Crippen LogP contribution < -0.4 is 10.3 Å². The third-order valence-electron chi connectivity index (χ3n) is 5.93. The topological polar surface area (TPSA) is 63.4 Å². The molecule has 1 aliphatic heterocycles. The molecule has 0 fully saturated rings. The Bertz CT molecular complexity index is 1420. The van der Waals surface area contributed by atoms with Crippen LogP contribution in [0.5, 0.6) is 0 Å². The highest BCUT2D eigenvalue weighted by Gasteiger charge is 2.44. The first-order valence-corrected chi connectivity index (χ1v) is 11.5. The van der Waals surface area contributed by atoms with Gasteiger partial charge in [0.05, 0.1) is 22.7 Å². The number of thiazole rings is 1. The van der Waals surface area contributed by atoms with Crippen molar-refractivity contribution in [2.75, 3.05) is 4.90 Å². The fourth-order valence-electron chi connectivity index (χ4n) is 4.22. The second kappa shape index (κ2) is 7.14. The molecule has 4 aromatic rings. The Morgan fingerprint density at radius 3 is 2.38 bits per heavy atom. The highest BCUT2D eigenvalue weighted by molar-refractivity contribution is 7.14. The Morgan fingerprint density at radius 2 is 1.75 bits per heavy atom. The Hall–Kier alpha value is -3.25. The summed E-state index contributed by atoms with van der Waals surface area (Å²) in [5, 5.41) is 2.95. The van der Waals surface area contributed by atoms with Crippen molar-refractivity contribution in [1.29, 1.82) is 0 Å². The summed E-state index contributed by atoms with van der Waals surface area (Å²) in [6.07, 6.45) is 0. The average molecular weight is 445 g/mol. The molecule has 6 heteroatoms. The van der Waals surface area contributed by atoms with Gasteiger partial charge in [-0.1, -0.05) is 56.7 Å². The first-order chi connectivity index (χ1) is 15.1. The van der Waals surface area contributed by atoms with Gasteiger partial charge in [0.1, 0.15) is 5.58 Å². The zero-order valence-corrected chi connectivity index (χ0v) is 19.5. The number of aryl methyl sites for hydroxylation is 2. The monoisotopic (exact) mass is 444 g/mol. The number of hydrogen-bond acceptors (Lipinski definition) is 5. The van der Waals surface area contributed by atoms with Crippen molar-refractivity contribution in [2.45, 2.75) is 46.1 Å². The number of hydrogen-bond donors (Lipinski definition) is 0. The van der Waals surface area contributed by atoms with Gasteiger partial charge in [0, 0.05) is 5.38 Å². The van der Waals surface area contributed by atoms with Crippen LogP contribution in [-0.2, 0) is 5.41 Å². The molecule has 0 bridgehead atoms. The third kappa shape index (κ3) is 3.17. The Morgan fingerprint density at radius 1 is 1.03 bits per heavy atom. The molecule has 1 aliphatic rings. The number of benzene rings is 2. The minimum absolute atomic E-state index is 0.000790. The van der Waals surface area contributed by atoms with Crippen molar-refractivity contribution in [3.63, 3.8) is 0 Å². The summed E-state index contributed by atoms with van der Waals surface area (Å²) in [6, 6.07) is 13.0. The maximum Gasteiger partial charge on any atom is 0.297 e. The number of carbonyl (C=O) groups is 1. The molecule has 2 aromatic heterocycles. The first-order valence-electron chi connectivity index (χ1n) is 10.6. The maximum absolute atomic E-state index is 13.7. The van der Waals surface area contributed by atoms with Gasteiger partial charge < -0.3 is 4.42 Å². The quantitative estimate of drug-likeness (QED) is 0.385. The van der Waals surface area contributed by atoms with E-state index in [9.17, 15) is 9.59 Å².